The van der Waals surface area contributed by atoms with Gasteiger partial charge >= 0.3 is 18.2 Å². The number of aromatic nitrogens is 2. The molecule has 13 heteroatoms. The Morgan fingerprint density at radius 1 is 1.02 bits per heavy atom. The minimum atomic E-state index is -5.14. The van der Waals surface area contributed by atoms with Gasteiger partial charge in [-0.3, -0.25) is 9.69 Å². The molecule has 0 N–H and O–H groups in total. The van der Waals surface area contributed by atoms with Crippen molar-refractivity contribution in [1.29, 1.82) is 0 Å². The van der Waals surface area contributed by atoms with Gasteiger partial charge in [0.05, 0.1) is 44.3 Å². The quantitative estimate of drug-likeness (QED) is 0.237. The van der Waals surface area contributed by atoms with E-state index in [4.69, 9.17) is 14.2 Å². The standard InChI is InChI=1S/C35H38F4N4O5/c1-22-14-29(42(32(44)35(37,38)39)19-23-8-10-27(46-2)11-9-23)30(43(22)33(45)48-20-24-6-4-3-5-7-24)21-47-28-12-13-34(16-25(34)15-28)31-40-17-26(36)18-41-31/h3-11,17-18,22,25,28-30H,12-16,19-21H2,1-2H3/t22-,25-,28+,29+,30+,34-/m1/s1. The van der Waals surface area contributed by atoms with E-state index in [1.807, 2.05) is 18.2 Å². The lowest BCUT2D eigenvalue weighted by Crippen LogP contribution is -2.54. The lowest BCUT2D eigenvalue weighted by atomic mass is 9.86. The Labute approximate surface area is 276 Å². The number of alkyl halides is 3. The van der Waals surface area contributed by atoms with E-state index in [9.17, 15) is 27.2 Å². The Kier molecular flexibility index (Phi) is 9.60. The highest BCUT2D eigenvalue weighted by atomic mass is 19.4. The number of hydrogen-bond acceptors (Lipinski definition) is 7. The minimum absolute atomic E-state index is 0.0178. The zero-order chi connectivity index (χ0) is 34.1. The maximum Gasteiger partial charge on any atom is 0.471 e. The summed E-state index contributed by atoms with van der Waals surface area (Å²) in [5.41, 5.74) is 1.02. The SMILES string of the molecule is COc1ccc(CN(C(=O)C(F)(F)F)[C@H]2C[C@@H](C)N(C(=O)OCc3ccccc3)[C@H]2CO[C@H]2CC[C@@]3(c4ncc(F)cn4)C[C@H]3C2)cc1. The summed E-state index contributed by atoms with van der Waals surface area (Å²) in [6.07, 6.45) is -0.740. The van der Waals surface area contributed by atoms with Crippen LogP contribution in [0.2, 0.25) is 0 Å². The van der Waals surface area contributed by atoms with Crippen molar-refractivity contribution in [2.45, 2.75) is 88.0 Å². The third-order valence-corrected chi connectivity index (χ3v) is 9.95. The van der Waals surface area contributed by atoms with Gasteiger partial charge in [-0.15, -0.1) is 0 Å². The zero-order valence-corrected chi connectivity index (χ0v) is 26.7. The average molecular weight is 671 g/mol. The molecule has 3 fully saturated rings. The van der Waals surface area contributed by atoms with Crippen LogP contribution in [0.3, 0.4) is 0 Å². The molecule has 2 amide bonds. The fourth-order valence-corrected chi connectivity index (χ4v) is 7.39. The molecule has 2 aromatic carbocycles. The lowest BCUT2D eigenvalue weighted by Gasteiger charge is -2.37. The van der Waals surface area contributed by atoms with Crippen LogP contribution in [0, 0.1) is 11.7 Å². The highest BCUT2D eigenvalue weighted by Crippen LogP contribution is 2.61. The molecule has 6 atom stereocenters. The molecule has 2 heterocycles. The Morgan fingerprint density at radius 2 is 1.73 bits per heavy atom. The van der Waals surface area contributed by atoms with Crippen LogP contribution in [-0.2, 0) is 32.8 Å². The predicted octanol–water partition coefficient (Wildman–Crippen LogP) is 6.21. The number of amides is 2. The van der Waals surface area contributed by atoms with Crippen molar-refractivity contribution in [3.8, 4) is 5.75 Å². The molecular weight excluding hydrogens is 632 g/mol. The summed E-state index contributed by atoms with van der Waals surface area (Å²) in [5, 5.41) is 0. The van der Waals surface area contributed by atoms with Gasteiger partial charge in [-0.1, -0.05) is 42.5 Å². The number of ether oxygens (including phenoxy) is 3. The van der Waals surface area contributed by atoms with Crippen molar-refractivity contribution in [2.24, 2.45) is 5.92 Å². The predicted molar refractivity (Wildman–Crippen MR) is 165 cm³/mol. The third-order valence-electron chi connectivity index (χ3n) is 9.95. The van der Waals surface area contributed by atoms with E-state index in [1.54, 1.807) is 43.3 Å². The first-order valence-corrected chi connectivity index (χ1v) is 16.1. The Morgan fingerprint density at radius 3 is 2.38 bits per heavy atom. The van der Waals surface area contributed by atoms with Crippen LogP contribution in [0.25, 0.3) is 0 Å². The van der Waals surface area contributed by atoms with Crippen LogP contribution < -0.4 is 4.74 Å². The number of rotatable bonds is 10. The van der Waals surface area contributed by atoms with Crippen LogP contribution in [0.5, 0.6) is 5.75 Å². The fraction of sp³-hybridized carbons (Fsp3) is 0.486. The first kappa shape index (κ1) is 33.6. The summed E-state index contributed by atoms with van der Waals surface area (Å²) in [6.45, 7) is 1.31. The summed E-state index contributed by atoms with van der Waals surface area (Å²) in [7, 11) is 1.48. The second-order valence-electron chi connectivity index (χ2n) is 13.0. The molecule has 1 saturated heterocycles. The van der Waals surface area contributed by atoms with Gasteiger partial charge in [-0.05, 0) is 68.2 Å². The van der Waals surface area contributed by atoms with E-state index in [0.717, 1.165) is 23.3 Å². The number of fused-ring (bicyclic) bond motifs is 1. The van der Waals surface area contributed by atoms with Crippen molar-refractivity contribution in [2.75, 3.05) is 13.7 Å². The van der Waals surface area contributed by atoms with E-state index < -0.39 is 42.1 Å². The van der Waals surface area contributed by atoms with Gasteiger partial charge in [0.1, 0.15) is 18.2 Å². The molecule has 2 saturated carbocycles. The number of carbonyl (C=O) groups excluding carboxylic acids is 2. The van der Waals surface area contributed by atoms with Gasteiger partial charge in [-0.2, -0.15) is 13.2 Å². The van der Waals surface area contributed by atoms with E-state index in [1.165, 1.54) is 24.4 Å². The monoisotopic (exact) mass is 670 g/mol. The van der Waals surface area contributed by atoms with Gasteiger partial charge in [-0.25, -0.2) is 19.2 Å². The van der Waals surface area contributed by atoms with Gasteiger partial charge < -0.3 is 19.1 Å². The van der Waals surface area contributed by atoms with E-state index >= 15 is 0 Å². The Bertz CT molecular complexity index is 1580. The van der Waals surface area contributed by atoms with Gasteiger partial charge in [0, 0.05) is 18.0 Å². The average Bonchev–Trinajstić information content (AvgIpc) is 3.73. The fourth-order valence-electron chi connectivity index (χ4n) is 7.39. The largest absolute Gasteiger partial charge is 0.497 e. The first-order valence-electron chi connectivity index (χ1n) is 16.1. The van der Waals surface area contributed by atoms with Crippen molar-refractivity contribution in [1.82, 2.24) is 19.8 Å². The Hall–Kier alpha value is -4.26. The van der Waals surface area contributed by atoms with Crippen LogP contribution in [0.1, 0.15) is 56.0 Å². The lowest BCUT2D eigenvalue weighted by molar-refractivity contribution is -0.189. The van der Waals surface area contributed by atoms with E-state index in [0.29, 0.717) is 30.0 Å². The zero-order valence-electron chi connectivity index (χ0n) is 26.7. The summed E-state index contributed by atoms with van der Waals surface area (Å²) in [5.74, 6) is -1.12. The molecule has 3 aliphatic rings. The van der Waals surface area contributed by atoms with Crippen molar-refractivity contribution < 1.29 is 41.4 Å². The molecule has 0 spiro atoms. The minimum Gasteiger partial charge on any atom is -0.497 e. The molecular formula is C35H38F4N4O5. The maximum absolute atomic E-state index is 14.1. The summed E-state index contributed by atoms with van der Waals surface area (Å²) < 4.78 is 73.0. The molecule has 6 rings (SSSR count). The number of carbonyl (C=O) groups is 2. The summed E-state index contributed by atoms with van der Waals surface area (Å²) >= 11 is 0. The van der Waals surface area contributed by atoms with Crippen molar-refractivity contribution in [3.05, 3.63) is 89.8 Å². The number of benzene rings is 2. The number of likely N-dealkylation sites (tertiary alicyclic amines) is 1. The molecule has 0 bridgehead atoms. The number of methoxy groups -OCH3 is 1. The Balaban J connectivity index is 1.22. The highest BCUT2D eigenvalue weighted by molar-refractivity contribution is 5.82. The third kappa shape index (κ3) is 7.11. The molecule has 9 nitrogen and oxygen atoms in total. The number of nitrogens with zero attached hydrogens (tertiary/aromatic N) is 4. The summed E-state index contributed by atoms with van der Waals surface area (Å²) in [4.78, 5) is 37.3. The second-order valence-corrected chi connectivity index (χ2v) is 13.0. The molecule has 2 aliphatic carbocycles. The van der Waals surface area contributed by atoms with Crippen molar-refractivity contribution in [3.63, 3.8) is 0 Å². The van der Waals surface area contributed by atoms with Crippen LogP contribution in [-0.4, -0.2) is 75.9 Å². The number of halogens is 4. The van der Waals surface area contributed by atoms with Crippen LogP contribution in [0.15, 0.2) is 67.0 Å². The molecule has 256 valence electrons. The van der Waals surface area contributed by atoms with E-state index in [2.05, 4.69) is 9.97 Å². The van der Waals surface area contributed by atoms with Crippen LogP contribution >= 0.6 is 0 Å². The molecule has 48 heavy (non-hydrogen) atoms. The van der Waals surface area contributed by atoms with Crippen molar-refractivity contribution >= 4 is 12.0 Å². The first-order chi connectivity index (χ1) is 23.0. The van der Waals surface area contributed by atoms with Gasteiger partial charge in [0.15, 0.2) is 5.82 Å². The number of hydrogen-bond donors (Lipinski definition) is 0. The second kappa shape index (κ2) is 13.7. The molecule has 0 unspecified atom stereocenters. The van der Waals surface area contributed by atoms with Gasteiger partial charge in [0.2, 0.25) is 0 Å². The topological polar surface area (TPSA) is 94.1 Å². The van der Waals surface area contributed by atoms with Gasteiger partial charge in [0.25, 0.3) is 0 Å². The van der Waals surface area contributed by atoms with Crippen LogP contribution in [0.4, 0.5) is 22.4 Å². The highest BCUT2D eigenvalue weighted by Gasteiger charge is 2.60. The summed E-state index contributed by atoms with van der Waals surface area (Å²) in [6, 6.07) is 13.1. The normalized spacial score (nSPS) is 26.5. The molecule has 1 aliphatic heterocycles. The molecule has 0 radical (unpaired) electrons. The smallest absolute Gasteiger partial charge is 0.471 e. The molecule has 1 aromatic heterocycles. The maximum atomic E-state index is 14.1. The molecule has 3 aromatic rings. The van der Waals surface area contributed by atoms with E-state index in [-0.39, 0.29) is 43.6 Å².